The first-order valence-corrected chi connectivity index (χ1v) is 20.9. The van der Waals surface area contributed by atoms with Crippen LogP contribution in [0.1, 0.15) is 147 Å². The second kappa shape index (κ2) is 18.5. The predicted octanol–water partition coefficient (Wildman–Crippen LogP) is 13.1. The number of unbranched alkanes of at least 4 members (excludes halogenated alkanes) is 8. The maximum absolute atomic E-state index is 12.0. The van der Waals surface area contributed by atoms with Gasteiger partial charge in [-0.2, -0.15) is 0 Å². The minimum absolute atomic E-state index is 1.02. The Morgan fingerprint density at radius 2 is 1.07 bits per heavy atom. The molecule has 0 fully saturated rings. The van der Waals surface area contributed by atoms with Gasteiger partial charge in [-0.3, -0.25) is 0 Å². The third-order valence-corrected chi connectivity index (χ3v) is 15.9. The summed E-state index contributed by atoms with van der Waals surface area (Å²) in [4.78, 5) is 0. The van der Waals surface area contributed by atoms with E-state index in [-0.39, 0.29) is 0 Å². The molecule has 0 radical (unpaired) electrons. The second-order valence-corrected chi connectivity index (χ2v) is 18.7. The van der Waals surface area contributed by atoms with Crippen LogP contribution in [-0.2, 0) is 12.5 Å². The summed E-state index contributed by atoms with van der Waals surface area (Å²) in [6.07, 6.45) is 17.0. The number of rotatable bonds is 21. The Hall–Kier alpha value is -2.26. The molecule has 1 aliphatic heterocycles. The van der Waals surface area contributed by atoms with Crippen LogP contribution in [0.4, 0.5) is 0 Å². The minimum Gasteiger partial charge on any atom is -0.493 e. The van der Waals surface area contributed by atoms with E-state index >= 15 is 0 Å². The van der Waals surface area contributed by atoms with Gasteiger partial charge < -0.3 is 5.53 Å². The molecular weight excluding hydrogens is 537 g/mol. The summed E-state index contributed by atoms with van der Waals surface area (Å²) in [7, 11) is -1.24. The van der Waals surface area contributed by atoms with Crippen molar-refractivity contribution in [2.45, 2.75) is 156 Å². The normalized spacial score (nSPS) is 14.0. The molecular formula is C40H62N2Si. The van der Waals surface area contributed by atoms with Crippen molar-refractivity contribution in [2.75, 3.05) is 0 Å². The van der Waals surface area contributed by atoms with Crippen molar-refractivity contribution < 1.29 is 4.70 Å². The molecule has 2 aromatic carbocycles. The van der Waals surface area contributed by atoms with Crippen molar-refractivity contribution in [3.8, 4) is 0 Å². The highest BCUT2D eigenvalue weighted by molar-refractivity contribution is 6.79. The molecule has 1 heterocycles. The molecule has 0 bridgehead atoms. The quantitative estimate of drug-likeness (QED) is 0.0776. The standard InChI is InChI=1S/C40H62N2Si/c1-7-13-16-17-18-20-22-33-23-21-24-36(31-33)40-37(25-15-9-3)38(26-19-14-8-2)39(42(40)41)35-29-27-34(28-30-35)32-43(10-4,11-5)12-6/h21,23-24,27-31H,7-20,22,25-26,32H2,1-6H3. The van der Waals surface area contributed by atoms with Crippen LogP contribution in [0.15, 0.2) is 59.7 Å². The number of nitrogens with zero attached hydrogens (tertiary/aromatic N) is 2. The molecule has 236 valence electrons. The molecule has 0 N–H and O–H groups in total. The van der Waals surface area contributed by atoms with Gasteiger partial charge >= 0.3 is 0 Å². The lowest BCUT2D eigenvalue weighted by Gasteiger charge is -2.28. The Bertz CT molecular complexity index is 1190. The van der Waals surface area contributed by atoms with Gasteiger partial charge in [-0.05, 0) is 74.4 Å². The molecule has 1 aliphatic rings. The van der Waals surface area contributed by atoms with E-state index in [0.717, 1.165) is 49.1 Å². The highest BCUT2D eigenvalue weighted by Gasteiger charge is 2.35. The van der Waals surface area contributed by atoms with E-state index in [1.807, 2.05) is 0 Å². The molecule has 0 saturated carbocycles. The van der Waals surface area contributed by atoms with Crippen LogP contribution in [0.25, 0.3) is 16.9 Å². The van der Waals surface area contributed by atoms with Gasteiger partial charge in [0.25, 0.3) is 0 Å². The van der Waals surface area contributed by atoms with Gasteiger partial charge in [-0.25, -0.2) is 4.70 Å². The van der Waals surface area contributed by atoms with Crippen molar-refractivity contribution in [1.29, 1.82) is 0 Å². The Labute approximate surface area is 266 Å². The molecule has 3 heteroatoms. The first kappa shape index (κ1) is 35.2. The smallest absolute Gasteiger partial charge is 0.211 e. The van der Waals surface area contributed by atoms with E-state index in [2.05, 4.69) is 90.1 Å². The molecule has 0 saturated heterocycles. The zero-order valence-corrected chi connectivity index (χ0v) is 29.7. The Morgan fingerprint density at radius 1 is 0.535 bits per heavy atom. The van der Waals surface area contributed by atoms with Crippen LogP contribution in [-0.4, -0.2) is 12.8 Å². The highest BCUT2D eigenvalue weighted by Crippen LogP contribution is 2.44. The van der Waals surface area contributed by atoms with Gasteiger partial charge in [-0.1, -0.05) is 141 Å². The topological polar surface area (TPSA) is 25.3 Å². The van der Waals surface area contributed by atoms with Crippen molar-refractivity contribution in [3.05, 3.63) is 87.5 Å². The number of hydrogen-bond donors (Lipinski definition) is 0. The molecule has 0 atom stereocenters. The molecule has 43 heavy (non-hydrogen) atoms. The maximum Gasteiger partial charge on any atom is 0.211 e. The van der Waals surface area contributed by atoms with Crippen LogP contribution >= 0.6 is 0 Å². The number of benzene rings is 2. The summed E-state index contributed by atoms with van der Waals surface area (Å²) < 4.78 is 1.58. The SMILES string of the molecule is CCCCCCCCc1cccc(C2=C(CCCC)C(CCCCC)=C(c3ccc(C[Si](CC)(CC)CC)cc3)[N+]2=[N-])c1. The first-order valence-electron chi connectivity index (χ1n) is 18.1. The van der Waals surface area contributed by atoms with Gasteiger partial charge in [0.1, 0.15) is 0 Å². The number of aryl methyl sites for hydroxylation is 1. The lowest BCUT2D eigenvalue weighted by atomic mass is 9.91. The Kier molecular flexibility index (Phi) is 15.2. The molecule has 0 spiro atoms. The summed E-state index contributed by atoms with van der Waals surface area (Å²) in [6.45, 7) is 14.0. The summed E-state index contributed by atoms with van der Waals surface area (Å²) in [5.74, 6) is 0. The van der Waals surface area contributed by atoms with Gasteiger partial charge in [0.2, 0.25) is 11.4 Å². The van der Waals surface area contributed by atoms with Crippen LogP contribution in [0.3, 0.4) is 0 Å². The summed E-state index contributed by atoms with van der Waals surface area (Å²) in [5, 5.41) is 0. The van der Waals surface area contributed by atoms with E-state index < -0.39 is 8.07 Å². The minimum atomic E-state index is -1.24. The third-order valence-electron chi connectivity index (χ3n) is 10.2. The van der Waals surface area contributed by atoms with Gasteiger partial charge in [0.15, 0.2) is 0 Å². The van der Waals surface area contributed by atoms with E-state index in [4.69, 9.17) is 0 Å². The molecule has 0 aromatic heterocycles. The molecule has 0 unspecified atom stereocenters. The molecule has 2 nitrogen and oxygen atoms in total. The van der Waals surface area contributed by atoms with Gasteiger partial charge in [-0.15, -0.1) is 0 Å². The highest BCUT2D eigenvalue weighted by atomic mass is 28.3. The van der Waals surface area contributed by atoms with Gasteiger partial charge in [0.05, 0.1) is 8.07 Å². The molecule has 2 aromatic rings. The zero-order chi connectivity index (χ0) is 31.1. The molecule has 3 rings (SSSR count). The Morgan fingerprint density at radius 3 is 1.70 bits per heavy atom. The molecule has 0 aliphatic carbocycles. The van der Waals surface area contributed by atoms with Gasteiger partial charge in [0, 0.05) is 22.3 Å². The van der Waals surface area contributed by atoms with Crippen molar-refractivity contribution >= 4 is 19.5 Å². The fraction of sp³-hybridized carbons (Fsp3) is 0.600. The number of hydrogen-bond acceptors (Lipinski definition) is 0. The van der Waals surface area contributed by atoms with E-state index in [9.17, 15) is 5.53 Å². The largest absolute Gasteiger partial charge is 0.493 e. The van der Waals surface area contributed by atoms with Crippen LogP contribution in [0, 0.1) is 0 Å². The summed E-state index contributed by atoms with van der Waals surface area (Å²) in [5.41, 5.74) is 22.0. The Balaban J connectivity index is 1.96. The van der Waals surface area contributed by atoms with Crippen LogP contribution in [0.2, 0.25) is 18.1 Å². The van der Waals surface area contributed by atoms with Crippen molar-refractivity contribution in [2.24, 2.45) is 0 Å². The molecule has 0 amide bonds. The zero-order valence-electron chi connectivity index (χ0n) is 28.7. The van der Waals surface area contributed by atoms with Crippen LogP contribution < -0.4 is 0 Å². The lowest BCUT2D eigenvalue weighted by molar-refractivity contribution is -0.345. The summed E-state index contributed by atoms with van der Waals surface area (Å²) in [6, 6.07) is 23.7. The van der Waals surface area contributed by atoms with Crippen LogP contribution in [0.5, 0.6) is 0 Å². The van der Waals surface area contributed by atoms with Crippen molar-refractivity contribution in [3.63, 3.8) is 0 Å². The van der Waals surface area contributed by atoms with E-state index in [1.165, 1.54) is 110 Å². The third kappa shape index (κ3) is 9.61. The van der Waals surface area contributed by atoms with Crippen molar-refractivity contribution in [1.82, 2.24) is 0 Å². The predicted molar refractivity (Wildman–Crippen MR) is 192 cm³/mol. The average molecular weight is 599 g/mol. The maximum atomic E-state index is 12.0. The second-order valence-electron chi connectivity index (χ2n) is 13.2. The number of allylic oxidation sites excluding steroid dienone is 2. The first-order chi connectivity index (χ1) is 21.0. The fourth-order valence-electron chi connectivity index (χ4n) is 7.01. The summed E-state index contributed by atoms with van der Waals surface area (Å²) >= 11 is 0. The van der Waals surface area contributed by atoms with E-state index in [0.29, 0.717) is 0 Å². The fourth-order valence-corrected chi connectivity index (χ4v) is 10.4. The lowest BCUT2D eigenvalue weighted by Crippen LogP contribution is -2.34. The average Bonchev–Trinajstić information content (AvgIpc) is 3.31. The van der Waals surface area contributed by atoms with E-state index in [1.54, 1.807) is 4.70 Å². The monoisotopic (exact) mass is 598 g/mol.